The second kappa shape index (κ2) is 7.86. The van der Waals surface area contributed by atoms with Gasteiger partial charge in [0.05, 0.1) is 13.2 Å². The van der Waals surface area contributed by atoms with Crippen molar-refractivity contribution in [2.45, 2.75) is 26.2 Å². The van der Waals surface area contributed by atoms with Crippen LogP contribution in [0, 0.1) is 0 Å². The highest BCUT2D eigenvalue weighted by atomic mass is 16.5. The van der Waals surface area contributed by atoms with Crippen molar-refractivity contribution < 1.29 is 9.53 Å². The second-order valence-electron chi connectivity index (χ2n) is 6.08. The van der Waals surface area contributed by atoms with E-state index in [-0.39, 0.29) is 5.91 Å². The Hall–Kier alpha value is -2.49. The third kappa shape index (κ3) is 4.07. The molecule has 0 radical (unpaired) electrons. The van der Waals surface area contributed by atoms with E-state index in [4.69, 9.17) is 4.74 Å². The SMILES string of the molecule is CCCOc1cccc(NC(=O)CN2CCCc3ccccc32)c1. The van der Waals surface area contributed by atoms with Gasteiger partial charge >= 0.3 is 0 Å². The second-order valence-corrected chi connectivity index (χ2v) is 6.08. The molecule has 0 unspecified atom stereocenters. The summed E-state index contributed by atoms with van der Waals surface area (Å²) in [7, 11) is 0. The molecule has 0 fully saturated rings. The van der Waals surface area contributed by atoms with Crippen LogP contribution < -0.4 is 15.0 Å². The molecular formula is C20H24N2O2. The summed E-state index contributed by atoms with van der Waals surface area (Å²) in [5.41, 5.74) is 3.28. The van der Waals surface area contributed by atoms with Crippen LogP contribution in [0.15, 0.2) is 48.5 Å². The molecule has 0 spiro atoms. The molecule has 0 bridgehead atoms. The molecule has 1 aliphatic heterocycles. The first-order valence-electron chi connectivity index (χ1n) is 8.62. The number of carbonyl (C=O) groups is 1. The Labute approximate surface area is 143 Å². The first-order valence-corrected chi connectivity index (χ1v) is 8.62. The summed E-state index contributed by atoms with van der Waals surface area (Å²) < 4.78 is 5.61. The zero-order chi connectivity index (χ0) is 16.8. The highest BCUT2D eigenvalue weighted by Gasteiger charge is 2.18. The molecule has 126 valence electrons. The smallest absolute Gasteiger partial charge is 0.243 e. The highest BCUT2D eigenvalue weighted by molar-refractivity contribution is 5.94. The van der Waals surface area contributed by atoms with E-state index < -0.39 is 0 Å². The quantitative estimate of drug-likeness (QED) is 0.877. The number of amides is 1. The van der Waals surface area contributed by atoms with Crippen molar-refractivity contribution in [1.82, 2.24) is 0 Å². The van der Waals surface area contributed by atoms with Gasteiger partial charge in [0.25, 0.3) is 0 Å². The number of anilines is 2. The molecule has 2 aromatic rings. The number of nitrogens with one attached hydrogen (secondary N) is 1. The minimum Gasteiger partial charge on any atom is -0.494 e. The molecule has 0 aromatic heterocycles. The van der Waals surface area contributed by atoms with Gasteiger partial charge in [-0.3, -0.25) is 4.79 Å². The van der Waals surface area contributed by atoms with Gasteiger partial charge in [-0.05, 0) is 43.0 Å². The van der Waals surface area contributed by atoms with Crippen LogP contribution in [0.5, 0.6) is 5.75 Å². The number of benzene rings is 2. The lowest BCUT2D eigenvalue weighted by molar-refractivity contribution is -0.115. The molecule has 0 aliphatic carbocycles. The van der Waals surface area contributed by atoms with Gasteiger partial charge in [0.15, 0.2) is 0 Å². The van der Waals surface area contributed by atoms with Crippen molar-refractivity contribution in [2.24, 2.45) is 0 Å². The lowest BCUT2D eigenvalue weighted by Gasteiger charge is -2.30. The van der Waals surface area contributed by atoms with Gasteiger partial charge in [0.1, 0.15) is 5.75 Å². The van der Waals surface area contributed by atoms with Gasteiger partial charge in [-0.2, -0.15) is 0 Å². The number of hydrogen-bond acceptors (Lipinski definition) is 3. The number of carbonyl (C=O) groups excluding carboxylic acids is 1. The monoisotopic (exact) mass is 324 g/mol. The van der Waals surface area contributed by atoms with E-state index >= 15 is 0 Å². The number of ether oxygens (including phenoxy) is 1. The molecule has 4 nitrogen and oxygen atoms in total. The summed E-state index contributed by atoms with van der Waals surface area (Å²) in [4.78, 5) is 14.6. The molecule has 0 saturated carbocycles. The molecule has 0 saturated heterocycles. The molecule has 2 aromatic carbocycles. The van der Waals surface area contributed by atoms with Gasteiger partial charge in [0.2, 0.25) is 5.91 Å². The van der Waals surface area contributed by atoms with Gasteiger partial charge in [0, 0.05) is 24.0 Å². The molecule has 1 amide bonds. The maximum atomic E-state index is 12.4. The number of rotatable bonds is 6. The van der Waals surface area contributed by atoms with E-state index in [0.717, 1.165) is 37.2 Å². The maximum absolute atomic E-state index is 12.4. The number of aryl methyl sites for hydroxylation is 1. The lowest BCUT2D eigenvalue weighted by Crippen LogP contribution is -2.36. The van der Waals surface area contributed by atoms with Crippen molar-refractivity contribution in [3.05, 3.63) is 54.1 Å². The van der Waals surface area contributed by atoms with Gasteiger partial charge in [-0.1, -0.05) is 31.2 Å². The normalized spacial score (nSPS) is 13.3. The molecule has 24 heavy (non-hydrogen) atoms. The van der Waals surface area contributed by atoms with Crippen molar-refractivity contribution in [3.63, 3.8) is 0 Å². The fourth-order valence-electron chi connectivity index (χ4n) is 3.03. The van der Waals surface area contributed by atoms with Crippen LogP contribution in [-0.4, -0.2) is 25.6 Å². The van der Waals surface area contributed by atoms with Gasteiger partial charge in [-0.15, -0.1) is 0 Å². The van der Waals surface area contributed by atoms with Crippen LogP contribution in [0.1, 0.15) is 25.3 Å². The van der Waals surface area contributed by atoms with Crippen LogP contribution >= 0.6 is 0 Å². The summed E-state index contributed by atoms with van der Waals surface area (Å²) in [6.45, 7) is 4.05. The minimum absolute atomic E-state index is 0.000607. The van der Waals surface area contributed by atoms with Crippen LogP contribution in [0.3, 0.4) is 0 Å². The predicted octanol–water partition coefficient (Wildman–Crippen LogP) is 3.87. The molecule has 0 atom stereocenters. The average Bonchev–Trinajstić information content (AvgIpc) is 2.60. The van der Waals surface area contributed by atoms with E-state index in [1.54, 1.807) is 0 Å². The molecule has 1 aliphatic rings. The maximum Gasteiger partial charge on any atom is 0.243 e. The molecule has 4 heteroatoms. The van der Waals surface area contributed by atoms with E-state index in [1.165, 1.54) is 11.3 Å². The van der Waals surface area contributed by atoms with Crippen LogP contribution in [0.4, 0.5) is 11.4 Å². The summed E-state index contributed by atoms with van der Waals surface area (Å²) >= 11 is 0. The summed E-state index contributed by atoms with van der Waals surface area (Å²) in [6.07, 6.45) is 3.14. The zero-order valence-corrected chi connectivity index (χ0v) is 14.1. The van der Waals surface area contributed by atoms with Gasteiger partial charge < -0.3 is 15.0 Å². The Balaban J connectivity index is 1.62. The van der Waals surface area contributed by atoms with Crippen LogP contribution in [0.25, 0.3) is 0 Å². The van der Waals surface area contributed by atoms with E-state index in [1.807, 2.05) is 30.3 Å². The third-order valence-electron chi connectivity index (χ3n) is 4.13. The van der Waals surface area contributed by atoms with E-state index in [0.29, 0.717) is 13.2 Å². The zero-order valence-electron chi connectivity index (χ0n) is 14.1. The van der Waals surface area contributed by atoms with E-state index in [2.05, 4.69) is 35.3 Å². The topological polar surface area (TPSA) is 41.6 Å². The van der Waals surface area contributed by atoms with E-state index in [9.17, 15) is 4.79 Å². The fourth-order valence-corrected chi connectivity index (χ4v) is 3.03. The number of hydrogen-bond donors (Lipinski definition) is 1. The Morgan fingerprint density at radius 1 is 1.21 bits per heavy atom. The summed E-state index contributed by atoms with van der Waals surface area (Å²) in [5, 5.41) is 2.98. The molecule has 1 N–H and O–H groups in total. The Morgan fingerprint density at radius 3 is 2.96 bits per heavy atom. The van der Waals surface area contributed by atoms with Crippen LogP contribution in [-0.2, 0) is 11.2 Å². The minimum atomic E-state index is -0.000607. The first-order chi connectivity index (χ1) is 11.8. The summed E-state index contributed by atoms with van der Waals surface area (Å²) in [6, 6.07) is 15.9. The lowest BCUT2D eigenvalue weighted by atomic mass is 10.0. The van der Waals surface area contributed by atoms with Gasteiger partial charge in [-0.25, -0.2) is 0 Å². The highest BCUT2D eigenvalue weighted by Crippen LogP contribution is 2.26. The Bertz CT molecular complexity index is 700. The fraction of sp³-hybridized carbons (Fsp3) is 0.350. The molecule has 1 heterocycles. The Morgan fingerprint density at radius 2 is 2.08 bits per heavy atom. The molecule has 3 rings (SSSR count). The van der Waals surface area contributed by atoms with Crippen molar-refractivity contribution in [1.29, 1.82) is 0 Å². The number of nitrogens with zero attached hydrogens (tertiary/aromatic N) is 1. The average molecular weight is 324 g/mol. The summed E-state index contributed by atoms with van der Waals surface area (Å²) in [5.74, 6) is 0.789. The standard InChI is InChI=1S/C20H24N2O2/c1-2-13-24-18-10-5-9-17(14-18)21-20(23)15-22-12-6-8-16-7-3-4-11-19(16)22/h3-5,7,9-11,14H,2,6,8,12-13,15H2,1H3,(H,21,23). The Kier molecular flexibility index (Phi) is 5.36. The first kappa shape index (κ1) is 16.4. The van der Waals surface area contributed by atoms with Crippen molar-refractivity contribution in [3.8, 4) is 5.75 Å². The van der Waals surface area contributed by atoms with Crippen molar-refractivity contribution in [2.75, 3.05) is 29.9 Å². The largest absolute Gasteiger partial charge is 0.494 e. The number of para-hydroxylation sites is 1. The van der Waals surface area contributed by atoms with Crippen molar-refractivity contribution >= 4 is 17.3 Å². The molecular weight excluding hydrogens is 300 g/mol. The third-order valence-corrected chi connectivity index (χ3v) is 4.13. The number of fused-ring (bicyclic) bond motifs is 1. The predicted molar refractivity (Wildman–Crippen MR) is 97.8 cm³/mol. The van der Waals surface area contributed by atoms with Crippen LogP contribution in [0.2, 0.25) is 0 Å².